The fraction of sp³-hybridized carbons (Fsp3) is 0.250. The van der Waals surface area contributed by atoms with E-state index in [4.69, 9.17) is 4.74 Å². The molecule has 0 unspecified atom stereocenters. The first kappa shape index (κ1) is 15.4. The van der Waals surface area contributed by atoms with Crippen molar-refractivity contribution in [2.75, 3.05) is 13.4 Å². The molecule has 4 nitrogen and oxygen atoms in total. The number of carbonyl (C=O) groups is 1. The van der Waals surface area contributed by atoms with Crippen LogP contribution in [0.25, 0.3) is 0 Å². The van der Waals surface area contributed by atoms with E-state index in [-0.39, 0.29) is 11.9 Å². The lowest BCUT2D eigenvalue weighted by atomic mass is 10.1. The highest BCUT2D eigenvalue weighted by Gasteiger charge is 2.17. The first-order valence-corrected chi connectivity index (χ1v) is 7.82. The summed E-state index contributed by atoms with van der Waals surface area (Å²) in [5.74, 6) is 0.632. The van der Waals surface area contributed by atoms with E-state index in [0.717, 1.165) is 16.3 Å². The Hall–Kier alpha value is -2.01. The van der Waals surface area contributed by atoms with E-state index < -0.39 is 0 Å². The zero-order chi connectivity index (χ0) is 15.2. The molecule has 0 saturated carbocycles. The minimum Gasteiger partial charge on any atom is -0.496 e. The summed E-state index contributed by atoms with van der Waals surface area (Å²) in [5.41, 5.74) is 1.54. The topological polar surface area (TPSA) is 51.2 Å². The fourth-order valence-electron chi connectivity index (χ4n) is 2.10. The first-order valence-electron chi connectivity index (χ1n) is 6.60. The molecule has 1 amide bonds. The summed E-state index contributed by atoms with van der Waals surface area (Å²) < 4.78 is 5.33. The van der Waals surface area contributed by atoms with E-state index in [1.807, 2.05) is 37.4 Å². The lowest BCUT2D eigenvalue weighted by Gasteiger charge is -2.17. The Morgan fingerprint density at radius 1 is 1.29 bits per heavy atom. The highest BCUT2D eigenvalue weighted by Crippen LogP contribution is 2.25. The molecule has 0 spiro atoms. The zero-order valence-corrected chi connectivity index (χ0v) is 13.1. The average Bonchev–Trinajstić information content (AvgIpc) is 2.54. The molecule has 1 heterocycles. The number of pyridine rings is 1. The summed E-state index contributed by atoms with van der Waals surface area (Å²) in [6.07, 6.45) is 3.59. The van der Waals surface area contributed by atoms with Gasteiger partial charge in [-0.15, -0.1) is 11.8 Å². The molecule has 1 N–H and O–H groups in total. The third-order valence-corrected chi connectivity index (χ3v) is 3.87. The van der Waals surface area contributed by atoms with Gasteiger partial charge in [-0.1, -0.05) is 18.2 Å². The number of amides is 1. The summed E-state index contributed by atoms with van der Waals surface area (Å²) in [6.45, 7) is 1.94. The molecule has 0 aliphatic rings. The van der Waals surface area contributed by atoms with Gasteiger partial charge in [0.05, 0.1) is 18.7 Å². The molecular formula is C16H18N2O2S. The predicted octanol–water partition coefficient (Wildman–Crippen LogP) is 3.30. The average molecular weight is 302 g/mol. The third kappa shape index (κ3) is 3.55. The van der Waals surface area contributed by atoms with E-state index in [9.17, 15) is 4.79 Å². The number of rotatable bonds is 5. The smallest absolute Gasteiger partial charge is 0.254 e. The fourth-order valence-corrected chi connectivity index (χ4v) is 2.65. The van der Waals surface area contributed by atoms with Crippen LogP contribution in [0.15, 0.2) is 47.6 Å². The number of nitrogens with zero attached hydrogens (tertiary/aromatic N) is 1. The first-order chi connectivity index (χ1) is 10.2. The second kappa shape index (κ2) is 7.13. The van der Waals surface area contributed by atoms with Gasteiger partial charge in [0.2, 0.25) is 0 Å². The maximum Gasteiger partial charge on any atom is 0.254 e. The number of hydrogen-bond acceptors (Lipinski definition) is 4. The Morgan fingerprint density at radius 3 is 2.76 bits per heavy atom. The lowest BCUT2D eigenvalue weighted by molar-refractivity contribution is 0.0936. The van der Waals surface area contributed by atoms with E-state index in [0.29, 0.717) is 5.56 Å². The number of ether oxygens (including phenoxy) is 1. The van der Waals surface area contributed by atoms with Crippen molar-refractivity contribution in [1.29, 1.82) is 0 Å². The largest absolute Gasteiger partial charge is 0.496 e. The summed E-state index contributed by atoms with van der Waals surface area (Å²) in [4.78, 5) is 16.6. The van der Waals surface area contributed by atoms with Crippen LogP contribution in [0.2, 0.25) is 0 Å². The molecule has 0 aliphatic carbocycles. The molecule has 5 heteroatoms. The van der Waals surface area contributed by atoms with E-state index in [2.05, 4.69) is 10.3 Å². The molecule has 0 fully saturated rings. The quantitative estimate of drug-likeness (QED) is 0.861. The van der Waals surface area contributed by atoms with Crippen LogP contribution in [0, 0.1) is 0 Å². The molecule has 0 aliphatic heterocycles. The SMILES string of the molecule is COc1ccccc1[C@@H](C)NC(=O)c1cccnc1SC. The molecule has 0 saturated heterocycles. The molecule has 2 aromatic rings. The molecule has 0 radical (unpaired) electrons. The van der Waals surface area contributed by atoms with Crippen LogP contribution in [-0.2, 0) is 0 Å². The molecule has 0 bridgehead atoms. The van der Waals surface area contributed by atoms with Gasteiger partial charge in [-0.2, -0.15) is 0 Å². The lowest BCUT2D eigenvalue weighted by Crippen LogP contribution is -2.27. The Morgan fingerprint density at radius 2 is 2.05 bits per heavy atom. The van der Waals surface area contributed by atoms with Crippen LogP contribution in [-0.4, -0.2) is 24.3 Å². The maximum absolute atomic E-state index is 12.4. The molecule has 1 aromatic heterocycles. The van der Waals surface area contributed by atoms with Gasteiger partial charge in [0.15, 0.2) is 0 Å². The van der Waals surface area contributed by atoms with Gasteiger partial charge in [-0.3, -0.25) is 4.79 Å². The van der Waals surface area contributed by atoms with Crippen molar-refractivity contribution in [3.05, 3.63) is 53.7 Å². The Balaban J connectivity index is 2.19. The number of carbonyl (C=O) groups excluding carboxylic acids is 1. The number of methoxy groups -OCH3 is 1. The van der Waals surface area contributed by atoms with E-state index >= 15 is 0 Å². The predicted molar refractivity (Wildman–Crippen MR) is 84.9 cm³/mol. The number of para-hydroxylation sites is 1. The van der Waals surface area contributed by atoms with Crippen LogP contribution in [0.5, 0.6) is 5.75 Å². The van der Waals surface area contributed by atoms with Crippen LogP contribution in [0.1, 0.15) is 28.9 Å². The van der Waals surface area contributed by atoms with Crippen molar-refractivity contribution < 1.29 is 9.53 Å². The highest BCUT2D eigenvalue weighted by atomic mass is 32.2. The summed E-state index contributed by atoms with van der Waals surface area (Å²) in [6, 6.07) is 11.1. The van der Waals surface area contributed by atoms with Gasteiger partial charge in [-0.25, -0.2) is 4.98 Å². The maximum atomic E-state index is 12.4. The summed E-state index contributed by atoms with van der Waals surface area (Å²) >= 11 is 1.46. The van der Waals surface area contributed by atoms with Crippen LogP contribution in [0.3, 0.4) is 0 Å². The van der Waals surface area contributed by atoms with Gasteiger partial charge in [0.25, 0.3) is 5.91 Å². The standard InChI is InChI=1S/C16H18N2O2S/c1-11(12-7-4-5-9-14(12)20-2)18-15(19)13-8-6-10-17-16(13)21-3/h4-11H,1-3H3,(H,18,19)/t11-/m1/s1. The Labute approximate surface area is 128 Å². The van der Waals surface area contributed by atoms with Gasteiger partial charge < -0.3 is 10.1 Å². The molecule has 110 valence electrons. The van der Waals surface area contributed by atoms with E-state index in [1.165, 1.54) is 11.8 Å². The van der Waals surface area contributed by atoms with Crippen molar-refractivity contribution in [1.82, 2.24) is 10.3 Å². The van der Waals surface area contributed by atoms with Crippen molar-refractivity contribution in [3.8, 4) is 5.75 Å². The molecule has 1 aromatic carbocycles. The van der Waals surface area contributed by atoms with Gasteiger partial charge in [-0.05, 0) is 31.4 Å². The second-order valence-electron chi connectivity index (χ2n) is 4.50. The summed E-state index contributed by atoms with van der Waals surface area (Å²) in [7, 11) is 1.63. The summed E-state index contributed by atoms with van der Waals surface area (Å²) in [5, 5.41) is 3.71. The van der Waals surface area contributed by atoms with Crippen LogP contribution >= 0.6 is 11.8 Å². The van der Waals surface area contributed by atoms with Gasteiger partial charge in [0, 0.05) is 11.8 Å². The van der Waals surface area contributed by atoms with Crippen molar-refractivity contribution >= 4 is 17.7 Å². The Kier molecular flexibility index (Phi) is 5.22. The minimum atomic E-state index is -0.149. The number of thioether (sulfide) groups is 1. The van der Waals surface area contributed by atoms with Gasteiger partial charge in [0.1, 0.15) is 10.8 Å². The van der Waals surface area contributed by atoms with Gasteiger partial charge >= 0.3 is 0 Å². The Bertz CT molecular complexity index is 631. The molecule has 21 heavy (non-hydrogen) atoms. The molecule has 2 rings (SSSR count). The molecular weight excluding hydrogens is 284 g/mol. The van der Waals surface area contributed by atoms with Crippen molar-refractivity contribution in [3.63, 3.8) is 0 Å². The number of nitrogens with one attached hydrogen (secondary N) is 1. The zero-order valence-electron chi connectivity index (χ0n) is 12.3. The monoisotopic (exact) mass is 302 g/mol. The number of aromatic nitrogens is 1. The second-order valence-corrected chi connectivity index (χ2v) is 5.29. The minimum absolute atomic E-state index is 0.133. The highest BCUT2D eigenvalue weighted by molar-refractivity contribution is 7.98. The van der Waals surface area contributed by atoms with Crippen LogP contribution in [0.4, 0.5) is 0 Å². The van der Waals surface area contributed by atoms with E-state index in [1.54, 1.807) is 25.4 Å². The van der Waals surface area contributed by atoms with Crippen LogP contribution < -0.4 is 10.1 Å². The third-order valence-electron chi connectivity index (χ3n) is 3.16. The number of hydrogen-bond donors (Lipinski definition) is 1. The van der Waals surface area contributed by atoms with Crippen molar-refractivity contribution in [2.24, 2.45) is 0 Å². The normalized spacial score (nSPS) is 11.8. The molecule has 1 atom stereocenters. The van der Waals surface area contributed by atoms with Crippen molar-refractivity contribution in [2.45, 2.75) is 18.0 Å². The number of benzene rings is 1.